The van der Waals surface area contributed by atoms with Crippen molar-refractivity contribution in [1.82, 2.24) is 15.5 Å². The molecule has 1 saturated heterocycles. The van der Waals surface area contributed by atoms with Crippen molar-refractivity contribution in [2.75, 3.05) is 13.1 Å². The van der Waals surface area contributed by atoms with Crippen LogP contribution < -0.4 is 10.6 Å². The first-order chi connectivity index (χ1) is 11.5. The Kier molecular flexibility index (Phi) is 5.20. The molecule has 3 rings (SSSR count). The van der Waals surface area contributed by atoms with Crippen molar-refractivity contribution in [2.24, 2.45) is 5.92 Å². The summed E-state index contributed by atoms with van der Waals surface area (Å²) in [5.41, 5.74) is 0. The Balaban J connectivity index is 1.36. The monoisotopic (exact) mass is 338 g/mol. The van der Waals surface area contributed by atoms with E-state index in [4.69, 9.17) is 0 Å². The lowest BCUT2D eigenvalue weighted by Crippen LogP contribution is -2.51. The molecule has 8 nitrogen and oxygen atoms in total. The molecule has 3 aliphatic rings. The third kappa shape index (κ3) is 4.15. The van der Waals surface area contributed by atoms with E-state index in [2.05, 4.69) is 10.6 Å². The molecule has 0 bridgehead atoms. The van der Waals surface area contributed by atoms with E-state index in [1.165, 1.54) is 19.3 Å². The van der Waals surface area contributed by atoms with Crippen LogP contribution in [-0.4, -0.2) is 53.0 Å². The van der Waals surface area contributed by atoms with Crippen LogP contribution in [0.15, 0.2) is 0 Å². The molecule has 134 valence electrons. The molecule has 1 aliphatic heterocycles. The summed E-state index contributed by atoms with van der Waals surface area (Å²) in [6.07, 6.45) is 7.51. The van der Waals surface area contributed by atoms with Gasteiger partial charge in [-0.05, 0) is 25.7 Å². The Hall–Kier alpha value is -1.86. The van der Waals surface area contributed by atoms with E-state index >= 15 is 0 Å². The molecule has 0 spiro atoms. The van der Waals surface area contributed by atoms with E-state index in [0.29, 0.717) is 32.4 Å². The Labute approximate surface area is 141 Å². The Morgan fingerprint density at radius 2 is 1.54 bits per heavy atom. The number of hydrogen-bond donors (Lipinski definition) is 2. The predicted octanol–water partition coefficient (Wildman–Crippen LogP) is 1.27. The van der Waals surface area contributed by atoms with Gasteiger partial charge in [-0.1, -0.05) is 19.3 Å². The molecule has 8 heteroatoms. The van der Waals surface area contributed by atoms with Crippen molar-refractivity contribution in [3.8, 4) is 0 Å². The topological polar surface area (TPSA) is 105 Å². The highest BCUT2D eigenvalue weighted by atomic mass is 16.6. The summed E-state index contributed by atoms with van der Waals surface area (Å²) >= 11 is 0. The zero-order valence-electron chi connectivity index (χ0n) is 13.9. The number of amides is 3. The maximum absolute atomic E-state index is 12.2. The molecule has 2 atom stereocenters. The summed E-state index contributed by atoms with van der Waals surface area (Å²) in [6, 6.07) is -0.436. The summed E-state index contributed by atoms with van der Waals surface area (Å²) < 4.78 is 0. The summed E-state index contributed by atoms with van der Waals surface area (Å²) in [4.78, 5) is 36.3. The number of hydrogen-bond acceptors (Lipinski definition) is 4. The summed E-state index contributed by atoms with van der Waals surface area (Å²) in [7, 11) is 0. The lowest BCUT2D eigenvalue weighted by Gasteiger charge is -2.33. The number of nitro groups is 1. The third-order valence-corrected chi connectivity index (χ3v) is 5.43. The van der Waals surface area contributed by atoms with Crippen molar-refractivity contribution in [1.29, 1.82) is 0 Å². The van der Waals surface area contributed by atoms with Crippen molar-refractivity contribution in [3.63, 3.8) is 0 Å². The Morgan fingerprint density at radius 1 is 0.958 bits per heavy atom. The van der Waals surface area contributed by atoms with Crippen molar-refractivity contribution in [3.05, 3.63) is 10.1 Å². The molecule has 0 aromatic rings. The highest BCUT2D eigenvalue weighted by Gasteiger charge is 2.54. The first kappa shape index (κ1) is 17.0. The number of carbonyl (C=O) groups is 2. The van der Waals surface area contributed by atoms with E-state index < -0.39 is 12.0 Å². The highest BCUT2D eigenvalue weighted by Crippen LogP contribution is 2.35. The molecule has 2 N–H and O–H groups in total. The fraction of sp³-hybridized carbons (Fsp3) is 0.875. The Morgan fingerprint density at radius 3 is 2.08 bits per heavy atom. The molecular weight excluding hydrogens is 312 g/mol. The van der Waals surface area contributed by atoms with E-state index in [0.717, 1.165) is 12.8 Å². The van der Waals surface area contributed by atoms with Crippen LogP contribution in [0.2, 0.25) is 0 Å². The van der Waals surface area contributed by atoms with Gasteiger partial charge in [0.1, 0.15) is 5.92 Å². The lowest BCUT2D eigenvalue weighted by molar-refractivity contribution is -0.497. The zero-order chi connectivity index (χ0) is 17.1. The van der Waals surface area contributed by atoms with Gasteiger partial charge < -0.3 is 15.5 Å². The standard InChI is InChI=1S/C16H26N4O4/c21-15(13-10-14(13)20(23)24)19-8-6-12(7-9-19)18-16(22)17-11-4-2-1-3-5-11/h11-14H,1-10H2,(H2,17,18,22)/t13-,14-/m0/s1. The van der Waals surface area contributed by atoms with Crippen LogP contribution in [0.3, 0.4) is 0 Å². The second-order valence-electron chi connectivity index (χ2n) is 7.25. The number of rotatable bonds is 4. The predicted molar refractivity (Wildman–Crippen MR) is 87.0 cm³/mol. The van der Waals surface area contributed by atoms with Crippen molar-refractivity contribution < 1.29 is 14.5 Å². The van der Waals surface area contributed by atoms with Crippen LogP contribution in [0.4, 0.5) is 4.79 Å². The second kappa shape index (κ2) is 7.36. The number of nitrogens with one attached hydrogen (secondary N) is 2. The van der Waals surface area contributed by atoms with Crippen LogP contribution in [0.5, 0.6) is 0 Å². The SMILES string of the molecule is O=C(NC1CCCCC1)NC1CCN(C(=O)[C@H]2C[C@@H]2[N+](=O)[O-])CC1. The molecule has 24 heavy (non-hydrogen) atoms. The quantitative estimate of drug-likeness (QED) is 0.595. The third-order valence-electron chi connectivity index (χ3n) is 5.43. The van der Waals surface area contributed by atoms with E-state index in [1.54, 1.807) is 4.90 Å². The van der Waals surface area contributed by atoms with Gasteiger partial charge in [-0.15, -0.1) is 0 Å². The van der Waals surface area contributed by atoms with Gasteiger partial charge in [-0.3, -0.25) is 14.9 Å². The van der Waals surface area contributed by atoms with Crippen LogP contribution >= 0.6 is 0 Å². The summed E-state index contributed by atoms with van der Waals surface area (Å²) in [5, 5.41) is 16.7. The molecule has 3 amide bonds. The van der Waals surface area contributed by atoms with Gasteiger partial charge in [0.05, 0.1) is 0 Å². The Bertz CT molecular complexity index is 498. The summed E-state index contributed by atoms with van der Waals surface area (Å²) in [6.45, 7) is 1.13. The number of urea groups is 1. The fourth-order valence-electron chi connectivity index (χ4n) is 3.82. The highest BCUT2D eigenvalue weighted by molar-refractivity contribution is 5.82. The molecule has 1 heterocycles. The molecule has 3 fully saturated rings. The van der Waals surface area contributed by atoms with Crippen LogP contribution in [0.25, 0.3) is 0 Å². The molecule has 2 aliphatic carbocycles. The first-order valence-electron chi connectivity index (χ1n) is 9.04. The number of likely N-dealkylation sites (tertiary alicyclic amines) is 1. The van der Waals surface area contributed by atoms with Crippen LogP contribution in [0, 0.1) is 16.0 Å². The smallest absolute Gasteiger partial charge is 0.315 e. The van der Waals surface area contributed by atoms with Gasteiger partial charge in [0.2, 0.25) is 11.9 Å². The maximum Gasteiger partial charge on any atom is 0.315 e. The lowest BCUT2D eigenvalue weighted by atomic mass is 9.96. The second-order valence-corrected chi connectivity index (χ2v) is 7.25. The average Bonchev–Trinajstić information content (AvgIpc) is 3.36. The number of nitrogens with zero attached hydrogens (tertiary/aromatic N) is 2. The zero-order valence-corrected chi connectivity index (χ0v) is 13.9. The van der Waals surface area contributed by atoms with Crippen LogP contribution in [-0.2, 0) is 4.79 Å². The van der Waals surface area contributed by atoms with Gasteiger partial charge >= 0.3 is 6.03 Å². The average molecular weight is 338 g/mol. The van der Waals surface area contributed by atoms with Crippen molar-refractivity contribution in [2.45, 2.75) is 69.5 Å². The number of carbonyl (C=O) groups excluding carboxylic acids is 2. The molecular formula is C16H26N4O4. The van der Waals surface area contributed by atoms with E-state index in [9.17, 15) is 19.7 Å². The van der Waals surface area contributed by atoms with Crippen LogP contribution in [0.1, 0.15) is 51.4 Å². The van der Waals surface area contributed by atoms with Gasteiger partial charge in [-0.2, -0.15) is 0 Å². The van der Waals surface area contributed by atoms with Gasteiger partial charge in [-0.25, -0.2) is 4.79 Å². The maximum atomic E-state index is 12.2. The molecule has 0 radical (unpaired) electrons. The number of piperidine rings is 1. The van der Waals surface area contributed by atoms with Crippen molar-refractivity contribution >= 4 is 11.9 Å². The van der Waals surface area contributed by atoms with Gasteiger partial charge in [0, 0.05) is 36.5 Å². The molecule has 0 aromatic carbocycles. The molecule has 2 saturated carbocycles. The molecule has 0 aromatic heterocycles. The minimum absolute atomic E-state index is 0.0724. The summed E-state index contributed by atoms with van der Waals surface area (Å²) in [5.74, 6) is -0.527. The fourth-order valence-corrected chi connectivity index (χ4v) is 3.82. The minimum atomic E-state index is -0.686. The van der Waals surface area contributed by atoms with Gasteiger partial charge in [0.15, 0.2) is 0 Å². The first-order valence-corrected chi connectivity index (χ1v) is 9.04. The minimum Gasteiger partial charge on any atom is -0.342 e. The van der Waals surface area contributed by atoms with E-state index in [-0.39, 0.29) is 28.9 Å². The normalized spacial score (nSPS) is 28.2. The molecule has 0 unspecified atom stereocenters. The van der Waals surface area contributed by atoms with E-state index in [1.807, 2.05) is 0 Å². The largest absolute Gasteiger partial charge is 0.342 e. The van der Waals surface area contributed by atoms with Gasteiger partial charge in [0.25, 0.3) is 0 Å².